The Morgan fingerprint density at radius 3 is 2.47 bits per heavy atom. The van der Waals surface area contributed by atoms with Crippen LogP contribution < -0.4 is 0 Å². The van der Waals surface area contributed by atoms with E-state index in [2.05, 4.69) is 19.1 Å². The molecule has 0 N–H and O–H groups in total. The molecule has 1 nitrogen and oxygen atoms in total. The van der Waals surface area contributed by atoms with Crippen LogP contribution in [0.3, 0.4) is 0 Å². The monoisotopic (exact) mass is 244 g/mol. The van der Waals surface area contributed by atoms with Crippen molar-refractivity contribution in [3.05, 3.63) is 46.2 Å². The number of Topliss-reactive ketones (excluding diaryl/α,β-unsaturated/α-hetero) is 1. The lowest BCUT2D eigenvalue weighted by molar-refractivity contribution is 0.0992. The van der Waals surface area contributed by atoms with Crippen LogP contribution in [0.4, 0.5) is 0 Å². The normalized spacial score (nSPS) is 10.5. The maximum atomic E-state index is 11.7. The Morgan fingerprint density at radius 1 is 1.18 bits per heavy atom. The van der Waals surface area contributed by atoms with Crippen molar-refractivity contribution < 1.29 is 4.79 Å². The molecule has 0 aliphatic carbocycles. The molecule has 88 valence electrons. The van der Waals surface area contributed by atoms with Gasteiger partial charge in [-0.05, 0) is 23.6 Å². The summed E-state index contributed by atoms with van der Waals surface area (Å²) in [5, 5.41) is 0. The van der Waals surface area contributed by atoms with E-state index in [4.69, 9.17) is 0 Å². The summed E-state index contributed by atoms with van der Waals surface area (Å²) in [7, 11) is 0. The largest absolute Gasteiger partial charge is 0.293 e. The topological polar surface area (TPSA) is 17.1 Å². The second-order valence-electron chi connectivity index (χ2n) is 3.94. The number of carbonyl (C=O) groups is 1. The molecule has 0 unspecified atom stereocenters. The molecule has 17 heavy (non-hydrogen) atoms. The van der Waals surface area contributed by atoms with Gasteiger partial charge in [-0.25, -0.2) is 0 Å². The predicted molar refractivity (Wildman–Crippen MR) is 73.8 cm³/mol. The molecular formula is C15H16OS. The molecule has 0 spiro atoms. The Bertz CT molecular complexity index is 511. The number of carbonyl (C=O) groups excluding carboxylic acids is 1. The summed E-state index contributed by atoms with van der Waals surface area (Å²) in [6.07, 6.45) is 1.56. The van der Waals surface area contributed by atoms with Crippen LogP contribution in [-0.4, -0.2) is 5.78 Å². The van der Waals surface area contributed by atoms with E-state index in [1.54, 1.807) is 11.3 Å². The summed E-state index contributed by atoms with van der Waals surface area (Å²) in [5.74, 6) is 0.242. The van der Waals surface area contributed by atoms with E-state index in [1.165, 1.54) is 16.0 Å². The smallest absolute Gasteiger partial charge is 0.172 e. The molecule has 1 aromatic carbocycles. The van der Waals surface area contributed by atoms with Crippen molar-refractivity contribution in [2.45, 2.75) is 26.7 Å². The fourth-order valence-electron chi connectivity index (χ4n) is 1.87. The molecule has 0 saturated carbocycles. The Kier molecular flexibility index (Phi) is 3.75. The summed E-state index contributed by atoms with van der Waals surface area (Å²) in [4.78, 5) is 13.9. The second-order valence-corrected chi connectivity index (χ2v) is 5.08. The Hall–Kier alpha value is -1.41. The lowest BCUT2D eigenvalue weighted by atomic mass is 10.0. The lowest BCUT2D eigenvalue weighted by Crippen LogP contribution is -1.90. The Morgan fingerprint density at radius 2 is 1.88 bits per heavy atom. The van der Waals surface area contributed by atoms with E-state index in [1.807, 2.05) is 31.2 Å². The summed E-state index contributed by atoms with van der Waals surface area (Å²) >= 11 is 1.64. The van der Waals surface area contributed by atoms with Crippen LogP contribution in [0.5, 0.6) is 0 Å². The SMILES string of the molecule is CCC(=O)c1cc(-c2ccccc2)c(CC)s1. The first-order valence-corrected chi connectivity index (χ1v) is 6.79. The summed E-state index contributed by atoms with van der Waals surface area (Å²) in [6.45, 7) is 4.05. The highest BCUT2D eigenvalue weighted by molar-refractivity contribution is 7.14. The highest BCUT2D eigenvalue weighted by atomic mass is 32.1. The van der Waals surface area contributed by atoms with Gasteiger partial charge >= 0.3 is 0 Å². The van der Waals surface area contributed by atoms with E-state index in [0.717, 1.165) is 11.3 Å². The van der Waals surface area contributed by atoms with Crippen LogP contribution in [0.25, 0.3) is 11.1 Å². The molecule has 0 aliphatic rings. The number of hydrogen-bond donors (Lipinski definition) is 0. The van der Waals surface area contributed by atoms with Crippen molar-refractivity contribution in [1.82, 2.24) is 0 Å². The number of rotatable bonds is 4. The lowest BCUT2D eigenvalue weighted by Gasteiger charge is -2.00. The van der Waals surface area contributed by atoms with E-state index in [0.29, 0.717) is 6.42 Å². The fraction of sp³-hybridized carbons (Fsp3) is 0.267. The van der Waals surface area contributed by atoms with Crippen molar-refractivity contribution in [2.75, 3.05) is 0 Å². The first kappa shape index (κ1) is 12.1. The number of ketones is 1. The van der Waals surface area contributed by atoms with Crippen LogP contribution >= 0.6 is 11.3 Å². The van der Waals surface area contributed by atoms with Crippen LogP contribution in [0.1, 0.15) is 34.8 Å². The van der Waals surface area contributed by atoms with Gasteiger partial charge in [-0.15, -0.1) is 11.3 Å². The van der Waals surface area contributed by atoms with Gasteiger partial charge in [0.15, 0.2) is 5.78 Å². The highest BCUT2D eigenvalue weighted by Crippen LogP contribution is 2.32. The third kappa shape index (κ3) is 2.47. The minimum Gasteiger partial charge on any atom is -0.293 e. The van der Waals surface area contributed by atoms with Crippen molar-refractivity contribution in [3.8, 4) is 11.1 Å². The number of thiophene rings is 1. The fourth-order valence-corrected chi connectivity index (χ4v) is 3.00. The van der Waals surface area contributed by atoms with Gasteiger partial charge in [-0.3, -0.25) is 4.79 Å². The van der Waals surface area contributed by atoms with Crippen molar-refractivity contribution in [1.29, 1.82) is 0 Å². The Labute approximate surface area is 106 Å². The molecule has 2 heteroatoms. The second kappa shape index (κ2) is 5.28. The van der Waals surface area contributed by atoms with Crippen molar-refractivity contribution in [2.24, 2.45) is 0 Å². The average molecular weight is 244 g/mol. The average Bonchev–Trinajstić information content (AvgIpc) is 2.83. The summed E-state index contributed by atoms with van der Waals surface area (Å²) < 4.78 is 0. The molecule has 1 aromatic heterocycles. The van der Waals surface area contributed by atoms with Crippen LogP contribution in [0.2, 0.25) is 0 Å². The molecule has 1 heterocycles. The quantitative estimate of drug-likeness (QED) is 0.720. The first-order valence-electron chi connectivity index (χ1n) is 5.97. The minimum atomic E-state index is 0.242. The molecule has 0 fully saturated rings. The van der Waals surface area contributed by atoms with Crippen molar-refractivity contribution in [3.63, 3.8) is 0 Å². The van der Waals surface area contributed by atoms with Gasteiger partial charge in [0.05, 0.1) is 4.88 Å². The molecule has 0 aliphatic heterocycles. The Balaban J connectivity index is 2.47. The zero-order chi connectivity index (χ0) is 12.3. The van der Waals surface area contributed by atoms with E-state index in [-0.39, 0.29) is 5.78 Å². The third-order valence-corrected chi connectivity index (χ3v) is 4.13. The maximum absolute atomic E-state index is 11.7. The number of benzene rings is 1. The van der Waals surface area contributed by atoms with Crippen LogP contribution in [-0.2, 0) is 6.42 Å². The minimum absolute atomic E-state index is 0.242. The zero-order valence-electron chi connectivity index (χ0n) is 10.2. The predicted octanol–water partition coefficient (Wildman–Crippen LogP) is 4.57. The van der Waals surface area contributed by atoms with Gasteiger partial charge < -0.3 is 0 Å². The summed E-state index contributed by atoms with van der Waals surface area (Å²) in [6, 6.07) is 12.3. The molecule has 2 aromatic rings. The zero-order valence-corrected chi connectivity index (χ0v) is 11.0. The molecule has 0 radical (unpaired) electrons. The van der Waals surface area contributed by atoms with E-state index >= 15 is 0 Å². The van der Waals surface area contributed by atoms with Crippen LogP contribution in [0, 0.1) is 0 Å². The molecule has 0 amide bonds. The standard InChI is InChI=1S/C15H16OS/c1-3-13(16)15-10-12(14(4-2)17-15)11-8-6-5-7-9-11/h5-10H,3-4H2,1-2H3. The first-order chi connectivity index (χ1) is 8.26. The molecule has 0 atom stereocenters. The molecule has 2 rings (SSSR count). The number of hydrogen-bond acceptors (Lipinski definition) is 2. The molecule has 0 bridgehead atoms. The van der Waals surface area contributed by atoms with Crippen LogP contribution in [0.15, 0.2) is 36.4 Å². The van der Waals surface area contributed by atoms with Gasteiger partial charge in [0.1, 0.15) is 0 Å². The molecule has 0 saturated heterocycles. The van der Waals surface area contributed by atoms with E-state index < -0.39 is 0 Å². The molecular weight excluding hydrogens is 228 g/mol. The van der Waals surface area contributed by atoms with Crippen molar-refractivity contribution >= 4 is 17.1 Å². The van der Waals surface area contributed by atoms with Gasteiger partial charge in [0, 0.05) is 11.3 Å². The van der Waals surface area contributed by atoms with Gasteiger partial charge in [-0.2, -0.15) is 0 Å². The van der Waals surface area contributed by atoms with Gasteiger partial charge in [0.2, 0.25) is 0 Å². The van der Waals surface area contributed by atoms with Gasteiger partial charge in [-0.1, -0.05) is 44.2 Å². The van der Waals surface area contributed by atoms with Gasteiger partial charge in [0.25, 0.3) is 0 Å². The maximum Gasteiger partial charge on any atom is 0.172 e. The number of aryl methyl sites for hydroxylation is 1. The third-order valence-electron chi connectivity index (χ3n) is 2.81. The highest BCUT2D eigenvalue weighted by Gasteiger charge is 2.13. The summed E-state index contributed by atoms with van der Waals surface area (Å²) in [5.41, 5.74) is 2.42. The van der Waals surface area contributed by atoms with E-state index in [9.17, 15) is 4.79 Å².